The molecule has 1 amide bonds. The number of nitrogens with one attached hydrogen (secondary N) is 1. The third-order valence-electron chi connectivity index (χ3n) is 2.75. The van der Waals surface area contributed by atoms with Gasteiger partial charge in [0, 0.05) is 12.6 Å². The van der Waals surface area contributed by atoms with Crippen molar-refractivity contribution in [2.45, 2.75) is 39.8 Å². The maximum atomic E-state index is 11.6. The fourth-order valence-corrected chi connectivity index (χ4v) is 1.65. The zero-order valence-corrected chi connectivity index (χ0v) is 11.5. The van der Waals surface area contributed by atoms with Gasteiger partial charge in [-0.25, -0.2) is 0 Å². The van der Waals surface area contributed by atoms with Gasteiger partial charge < -0.3 is 15.8 Å². The Bertz CT molecular complexity index is 416. The molecule has 0 aliphatic carbocycles. The Morgan fingerprint density at radius 1 is 1.44 bits per heavy atom. The smallest absolute Gasteiger partial charge is 0.260 e. The number of carbonyl (C=O) groups excluding carboxylic acids is 1. The number of ether oxygens (including phenoxy) is 1. The minimum absolute atomic E-state index is 0.00133. The molecule has 3 N–H and O–H groups in total. The van der Waals surface area contributed by atoms with E-state index in [9.17, 15) is 4.79 Å². The molecule has 0 radical (unpaired) electrons. The van der Waals surface area contributed by atoms with Crippen LogP contribution in [0, 0.1) is 6.92 Å². The second-order valence-electron chi connectivity index (χ2n) is 4.47. The summed E-state index contributed by atoms with van der Waals surface area (Å²) in [6.07, 6.45) is -0.496. The van der Waals surface area contributed by atoms with E-state index in [1.807, 2.05) is 39.0 Å². The van der Waals surface area contributed by atoms with Crippen LogP contribution in [-0.2, 0) is 4.79 Å². The second-order valence-corrected chi connectivity index (χ2v) is 4.47. The van der Waals surface area contributed by atoms with Crippen molar-refractivity contribution < 1.29 is 9.53 Å². The lowest BCUT2D eigenvalue weighted by atomic mass is 10.1. The Kier molecular flexibility index (Phi) is 5.16. The Morgan fingerprint density at radius 3 is 2.61 bits per heavy atom. The summed E-state index contributed by atoms with van der Waals surface area (Å²) in [6.45, 7) is 8.12. The summed E-state index contributed by atoms with van der Waals surface area (Å²) in [5.74, 6) is 0.617. The van der Waals surface area contributed by atoms with Crippen molar-refractivity contribution in [1.82, 2.24) is 5.32 Å². The Morgan fingerprint density at radius 2 is 2.11 bits per heavy atom. The number of carbonyl (C=O) groups is 1. The third-order valence-corrected chi connectivity index (χ3v) is 2.75. The maximum Gasteiger partial charge on any atom is 0.260 e. The van der Waals surface area contributed by atoms with Crippen LogP contribution >= 0.6 is 0 Å². The SMILES string of the molecule is CCNC(=O)C(C)Oc1ccc([C@@H](C)N)cc1C. The first-order valence-electron chi connectivity index (χ1n) is 6.26. The van der Waals surface area contributed by atoms with Crippen LogP contribution in [0.15, 0.2) is 18.2 Å². The predicted molar refractivity (Wildman–Crippen MR) is 72.6 cm³/mol. The fraction of sp³-hybridized carbons (Fsp3) is 0.500. The quantitative estimate of drug-likeness (QED) is 0.839. The summed E-state index contributed by atoms with van der Waals surface area (Å²) >= 11 is 0. The first kappa shape index (κ1) is 14.5. The zero-order valence-electron chi connectivity index (χ0n) is 11.5. The Hall–Kier alpha value is -1.55. The molecule has 0 aliphatic rings. The summed E-state index contributed by atoms with van der Waals surface area (Å²) in [5, 5.41) is 2.73. The van der Waals surface area contributed by atoms with E-state index in [0.717, 1.165) is 16.9 Å². The normalized spacial score (nSPS) is 13.8. The Balaban J connectivity index is 2.76. The topological polar surface area (TPSA) is 64.3 Å². The number of nitrogens with two attached hydrogens (primary N) is 1. The van der Waals surface area contributed by atoms with Crippen LogP contribution in [0.5, 0.6) is 5.75 Å². The lowest BCUT2D eigenvalue weighted by molar-refractivity contribution is -0.127. The molecule has 4 nitrogen and oxygen atoms in total. The van der Waals surface area contributed by atoms with E-state index in [0.29, 0.717) is 6.54 Å². The summed E-state index contributed by atoms with van der Waals surface area (Å²) < 4.78 is 5.64. The summed E-state index contributed by atoms with van der Waals surface area (Å²) in [4.78, 5) is 11.6. The van der Waals surface area contributed by atoms with Crippen molar-refractivity contribution in [3.05, 3.63) is 29.3 Å². The van der Waals surface area contributed by atoms with Gasteiger partial charge in [-0.15, -0.1) is 0 Å². The van der Waals surface area contributed by atoms with Gasteiger partial charge in [-0.05, 0) is 44.9 Å². The van der Waals surface area contributed by atoms with Gasteiger partial charge in [0.05, 0.1) is 0 Å². The van der Waals surface area contributed by atoms with Crippen LogP contribution in [0.25, 0.3) is 0 Å². The van der Waals surface area contributed by atoms with E-state index in [1.54, 1.807) is 6.92 Å². The van der Waals surface area contributed by atoms with Crippen LogP contribution in [-0.4, -0.2) is 18.6 Å². The zero-order chi connectivity index (χ0) is 13.7. The number of hydrogen-bond donors (Lipinski definition) is 2. The number of hydrogen-bond acceptors (Lipinski definition) is 3. The molecule has 0 heterocycles. The van der Waals surface area contributed by atoms with Crippen LogP contribution < -0.4 is 15.8 Å². The van der Waals surface area contributed by atoms with Crippen molar-refractivity contribution in [2.75, 3.05) is 6.54 Å². The second kappa shape index (κ2) is 6.40. The molecular weight excluding hydrogens is 228 g/mol. The molecule has 100 valence electrons. The highest BCUT2D eigenvalue weighted by Crippen LogP contribution is 2.22. The molecule has 4 heteroatoms. The van der Waals surface area contributed by atoms with E-state index in [4.69, 9.17) is 10.5 Å². The molecular formula is C14H22N2O2. The van der Waals surface area contributed by atoms with Crippen LogP contribution in [0.1, 0.15) is 37.9 Å². The van der Waals surface area contributed by atoms with E-state index in [-0.39, 0.29) is 11.9 Å². The van der Waals surface area contributed by atoms with E-state index < -0.39 is 6.10 Å². The highest BCUT2D eigenvalue weighted by molar-refractivity contribution is 5.80. The molecule has 1 aromatic carbocycles. The first-order chi connectivity index (χ1) is 8.45. The van der Waals surface area contributed by atoms with Crippen molar-refractivity contribution in [1.29, 1.82) is 0 Å². The van der Waals surface area contributed by atoms with Crippen LogP contribution in [0.2, 0.25) is 0 Å². The summed E-state index contributed by atoms with van der Waals surface area (Å²) in [5.41, 5.74) is 7.86. The third kappa shape index (κ3) is 3.74. The molecule has 0 spiro atoms. The van der Waals surface area contributed by atoms with Gasteiger partial charge in [-0.3, -0.25) is 4.79 Å². The lowest BCUT2D eigenvalue weighted by Crippen LogP contribution is -2.36. The van der Waals surface area contributed by atoms with Gasteiger partial charge in [0.15, 0.2) is 6.10 Å². The molecule has 0 aliphatic heterocycles. The van der Waals surface area contributed by atoms with Crippen LogP contribution in [0.4, 0.5) is 0 Å². The largest absolute Gasteiger partial charge is 0.481 e. The first-order valence-corrected chi connectivity index (χ1v) is 6.26. The molecule has 1 unspecified atom stereocenters. The molecule has 2 atom stereocenters. The van der Waals surface area contributed by atoms with Gasteiger partial charge in [0.1, 0.15) is 5.75 Å². The number of benzene rings is 1. The molecule has 0 aromatic heterocycles. The van der Waals surface area contributed by atoms with Crippen molar-refractivity contribution >= 4 is 5.91 Å². The average molecular weight is 250 g/mol. The molecule has 0 saturated carbocycles. The predicted octanol–water partition coefficient (Wildman–Crippen LogP) is 1.92. The monoisotopic (exact) mass is 250 g/mol. The minimum Gasteiger partial charge on any atom is -0.481 e. The number of aryl methyl sites for hydroxylation is 1. The number of amides is 1. The van der Waals surface area contributed by atoms with Gasteiger partial charge in [-0.2, -0.15) is 0 Å². The van der Waals surface area contributed by atoms with Crippen molar-refractivity contribution in [2.24, 2.45) is 5.73 Å². The number of likely N-dealkylation sites (N-methyl/N-ethyl adjacent to an activating group) is 1. The minimum atomic E-state index is -0.496. The van der Waals surface area contributed by atoms with Crippen molar-refractivity contribution in [3.63, 3.8) is 0 Å². The standard InChI is InChI=1S/C14H22N2O2/c1-5-16-14(17)11(4)18-13-7-6-12(10(3)15)8-9(13)2/h6-8,10-11H,5,15H2,1-4H3,(H,16,17)/t10-,11?/m1/s1. The summed E-state index contributed by atoms with van der Waals surface area (Å²) in [6, 6.07) is 5.78. The highest BCUT2D eigenvalue weighted by atomic mass is 16.5. The van der Waals surface area contributed by atoms with Crippen molar-refractivity contribution in [3.8, 4) is 5.75 Å². The molecule has 0 fully saturated rings. The average Bonchev–Trinajstić information content (AvgIpc) is 2.31. The maximum absolute atomic E-state index is 11.6. The Labute approximate surface area is 109 Å². The molecule has 0 bridgehead atoms. The number of rotatable bonds is 5. The van der Waals surface area contributed by atoms with E-state index in [2.05, 4.69) is 5.32 Å². The summed E-state index contributed by atoms with van der Waals surface area (Å²) in [7, 11) is 0. The van der Waals surface area contributed by atoms with E-state index >= 15 is 0 Å². The molecule has 18 heavy (non-hydrogen) atoms. The van der Waals surface area contributed by atoms with Crippen LogP contribution in [0.3, 0.4) is 0 Å². The van der Waals surface area contributed by atoms with Gasteiger partial charge in [0.2, 0.25) is 0 Å². The van der Waals surface area contributed by atoms with Gasteiger partial charge in [0.25, 0.3) is 5.91 Å². The lowest BCUT2D eigenvalue weighted by Gasteiger charge is -2.17. The highest BCUT2D eigenvalue weighted by Gasteiger charge is 2.14. The van der Waals surface area contributed by atoms with Gasteiger partial charge >= 0.3 is 0 Å². The molecule has 1 rings (SSSR count). The fourth-order valence-electron chi connectivity index (χ4n) is 1.65. The van der Waals surface area contributed by atoms with Gasteiger partial charge in [-0.1, -0.05) is 12.1 Å². The molecule has 0 saturated heterocycles. The molecule has 1 aromatic rings. The van der Waals surface area contributed by atoms with E-state index in [1.165, 1.54) is 0 Å².